The number of likely N-dealkylation sites (tertiary alicyclic amines) is 1. The number of nitrogens with zero attached hydrogens (tertiary/aromatic N) is 1. The van der Waals surface area contributed by atoms with E-state index in [9.17, 15) is 4.79 Å². The van der Waals surface area contributed by atoms with Gasteiger partial charge in [0, 0.05) is 25.9 Å². The number of urea groups is 1. The molecule has 6 nitrogen and oxygen atoms in total. The zero-order chi connectivity index (χ0) is 17.0. The zero-order valence-electron chi connectivity index (χ0n) is 13.2. The van der Waals surface area contributed by atoms with Crippen LogP contribution < -0.4 is 10.1 Å². The lowest BCUT2D eigenvalue weighted by Crippen LogP contribution is -2.50. The molecule has 0 radical (unpaired) electrons. The van der Waals surface area contributed by atoms with Gasteiger partial charge in [0.2, 0.25) is 0 Å². The number of hydrogen-bond acceptors (Lipinski definition) is 4. The third kappa shape index (κ3) is 4.06. The Morgan fingerprint density at radius 2 is 1.96 bits per heavy atom. The van der Waals surface area contributed by atoms with Crippen LogP contribution in [0.3, 0.4) is 0 Å². The number of halogens is 2. The van der Waals surface area contributed by atoms with Crippen LogP contribution in [0.2, 0.25) is 10.0 Å². The van der Waals surface area contributed by atoms with Gasteiger partial charge in [0.15, 0.2) is 5.79 Å². The van der Waals surface area contributed by atoms with E-state index in [1.807, 2.05) is 0 Å². The molecule has 1 N–H and O–H groups in total. The topological polar surface area (TPSA) is 60.0 Å². The number of ether oxygens (including phenoxy) is 3. The molecule has 132 valence electrons. The summed E-state index contributed by atoms with van der Waals surface area (Å²) in [5, 5.41) is 3.66. The van der Waals surface area contributed by atoms with Gasteiger partial charge in [-0.1, -0.05) is 29.3 Å². The predicted octanol–water partition coefficient (Wildman–Crippen LogP) is 2.92. The Labute approximate surface area is 150 Å². The maximum atomic E-state index is 12.2. The first-order chi connectivity index (χ1) is 11.6. The Balaban J connectivity index is 1.38. The normalized spacial score (nSPS) is 19.5. The number of carbonyl (C=O) groups excluding carboxylic acids is 1. The van der Waals surface area contributed by atoms with Crippen molar-refractivity contribution in [2.75, 3.05) is 39.5 Å². The summed E-state index contributed by atoms with van der Waals surface area (Å²) in [6, 6.07) is 5.09. The van der Waals surface area contributed by atoms with Gasteiger partial charge in [0.25, 0.3) is 0 Å². The molecule has 0 aromatic heterocycles. The zero-order valence-corrected chi connectivity index (χ0v) is 14.7. The molecule has 2 saturated heterocycles. The molecule has 24 heavy (non-hydrogen) atoms. The van der Waals surface area contributed by atoms with Crippen LogP contribution in [-0.2, 0) is 9.47 Å². The van der Waals surface area contributed by atoms with Crippen LogP contribution in [0.1, 0.15) is 12.8 Å². The summed E-state index contributed by atoms with van der Waals surface area (Å²) in [6.07, 6.45) is 1.41. The second-order valence-electron chi connectivity index (χ2n) is 5.73. The fourth-order valence-electron chi connectivity index (χ4n) is 2.86. The van der Waals surface area contributed by atoms with Crippen LogP contribution in [0.25, 0.3) is 0 Å². The fourth-order valence-corrected chi connectivity index (χ4v) is 3.21. The van der Waals surface area contributed by atoms with E-state index in [1.54, 1.807) is 23.1 Å². The van der Waals surface area contributed by atoms with E-state index in [0.717, 1.165) is 0 Å². The smallest absolute Gasteiger partial charge is 0.317 e. The highest BCUT2D eigenvalue weighted by atomic mass is 35.5. The van der Waals surface area contributed by atoms with E-state index in [0.29, 0.717) is 68.1 Å². The van der Waals surface area contributed by atoms with Crippen molar-refractivity contribution in [2.24, 2.45) is 0 Å². The molecule has 2 aliphatic rings. The summed E-state index contributed by atoms with van der Waals surface area (Å²) in [7, 11) is 0. The van der Waals surface area contributed by atoms with Crippen LogP contribution in [0.15, 0.2) is 18.2 Å². The average molecular weight is 375 g/mol. The quantitative estimate of drug-likeness (QED) is 0.823. The highest BCUT2D eigenvalue weighted by molar-refractivity contribution is 6.42. The lowest BCUT2D eigenvalue weighted by Gasteiger charge is -2.37. The SMILES string of the molecule is O=C(NCCOc1cccc(Cl)c1Cl)N1CCC2(CC1)OCCO2. The van der Waals surface area contributed by atoms with Gasteiger partial charge in [0.05, 0.1) is 24.8 Å². The molecule has 2 aliphatic heterocycles. The van der Waals surface area contributed by atoms with E-state index < -0.39 is 5.79 Å². The maximum absolute atomic E-state index is 12.2. The number of nitrogens with one attached hydrogen (secondary N) is 1. The van der Waals surface area contributed by atoms with E-state index in [2.05, 4.69) is 5.32 Å². The van der Waals surface area contributed by atoms with Crippen molar-refractivity contribution >= 4 is 29.2 Å². The number of rotatable bonds is 4. The second kappa shape index (κ2) is 7.78. The van der Waals surface area contributed by atoms with Crippen molar-refractivity contribution < 1.29 is 19.0 Å². The van der Waals surface area contributed by atoms with E-state index in [1.165, 1.54) is 0 Å². The molecule has 0 bridgehead atoms. The van der Waals surface area contributed by atoms with Gasteiger partial charge in [-0.2, -0.15) is 0 Å². The summed E-state index contributed by atoms with van der Waals surface area (Å²) >= 11 is 12.0. The maximum Gasteiger partial charge on any atom is 0.317 e. The molecule has 1 aromatic rings. The first kappa shape index (κ1) is 17.6. The second-order valence-corrected chi connectivity index (χ2v) is 6.51. The van der Waals surface area contributed by atoms with Crippen molar-refractivity contribution in [1.82, 2.24) is 10.2 Å². The van der Waals surface area contributed by atoms with Crippen LogP contribution in [0.5, 0.6) is 5.75 Å². The largest absolute Gasteiger partial charge is 0.490 e. The molecular formula is C16H20Cl2N2O4. The lowest BCUT2D eigenvalue weighted by atomic mass is 10.0. The Morgan fingerprint density at radius 1 is 1.25 bits per heavy atom. The highest BCUT2D eigenvalue weighted by Crippen LogP contribution is 2.32. The molecule has 1 spiro atoms. The molecule has 2 amide bonds. The summed E-state index contributed by atoms with van der Waals surface area (Å²) in [6.45, 7) is 3.21. The molecular weight excluding hydrogens is 355 g/mol. The van der Waals surface area contributed by atoms with Crippen molar-refractivity contribution in [1.29, 1.82) is 0 Å². The molecule has 3 rings (SSSR count). The van der Waals surface area contributed by atoms with Gasteiger partial charge >= 0.3 is 6.03 Å². The lowest BCUT2D eigenvalue weighted by molar-refractivity contribution is -0.181. The van der Waals surface area contributed by atoms with Crippen molar-refractivity contribution in [3.05, 3.63) is 28.2 Å². The van der Waals surface area contributed by atoms with Crippen LogP contribution in [-0.4, -0.2) is 56.2 Å². The van der Waals surface area contributed by atoms with Crippen molar-refractivity contribution in [2.45, 2.75) is 18.6 Å². The summed E-state index contributed by atoms with van der Waals surface area (Å²) in [5.41, 5.74) is 0. The van der Waals surface area contributed by atoms with E-state index in [-0.39, 0.29) is 6.03 Å². The average Bonchev–Trinajstić information content (AvgIpc) is 3.04. The minimum Gasteiger partial charge on any atom is -0.490 e. The highest BCUT2D eigenvalue weighted by Gasteiger charge is 2.40. The number of carbonyl (C=O) groups is 1. The van der Waals surface area contributed by atoms with Gasteiger partial charge in [-0.3, -0.25) is 0 Å². The first-order valence-corrected chi connectivity index (χ1v) is 8.73. The molecule has 0 saturated carbocycles. The molecule has 0 unspecified atom stereocenters. The fraction of sp³-hybridized carbons (Fsp3) is 0.562. The van der Waals surface area contributed by atoms with Gasteiger partial charge in [-0.05, 0) is 12.1 Å². The van der Waals surface area contributed by atoms with E-state index in [4.69, 9.17) is 37.4 Å². The summed E-state index contributed by atoms with van der Waals surface area (Å²) in [4.78, 5) is 13.9. The monoisotopic (exact) mass is 374 g/mol. The standard InChI is InChI=1S/C16H20Cl2N2O4/c17-12-2-1-3-13(14(12)18)22-9-6-19-15(21)20-7-4-16(5-8-20)23-10-11-24-16/h1-3H,4-11H2,(H,19,21). The Hall–Kier alpha value is -1.21. The van der Waals surface area contributed by atoms with Gasteiger partial charge in [-0.15, -0.1) is 0 Å². The predicted molar refractivity (Wildman–Crippen MR) is 90.8 cm³/mol. The number of amides is 2. The minimum atomic E-state index is -0.469. The molecule has 0 aliphatic carbocycles. The van der Waals surface area contributed by atoms with E-state index >= 15 is 0 Å². The molecule has 0 atom stereocenters. The third-order valence-corrected chi connectivity index (χ3v) is 4.98. The van der Waals surface area contributed by atoms with Crippen molar-refractivity contribution in [3.63, 3.8) is 0 Å². The molecule has 2 heterocycles. The van der Waals surface area contributed by atoms with Crippen LogP contribution >= 0.6 is 23.2 Å². The Kier molecular flexibility index (Phi) is 5.71. The van der Waals surface area contributed by atoms with Crippen LogP contribution in [0, 0.1) is 0 Å². The first-order valence-electron chi connectivity index (χ1n) is 7.97. The summed E-state index contributed by atoms with van der Waals surface area (Å²) < 4.78 is 16.8. The van der Waals surface area contributed by atoms with Crippen LogP contribution in [0.4, 0.5) is 4.79 Å². The summed E-state index contributed by atoms with van der Waals surface area (Å²) in [5.74, 6) is 0.0392. The third-order valence-electron chi connectivity index (χ3n) is 4.18. The van der Waals surface area contributed by atoms with Gasteiger partial charge < -0.3 is 24.4 Å². The van der Waals surface area contributed by atoms with Crippen molar-refractivity contribution in [3.8, 4) is 5.75 Å². The molecule has 8 heteroatoms. The molecule has 1 aromatic carbocycles. The Bertz CT molecular complexity index is 583. The Morgan fingerprint density at radius 3 is 2.67 bits per heavy atom. The van der Waals surface area contributed by atoms with Gasteiger partial charge in [-0.25, -0.2) is 4.79 Å². The number of hydrogen-bond donors (Lipinski definition) is 1. The molecule has 2 fully saturated rings. The minimum absolute atomic E-state index is 0.108. The van der Waals surface area contributed by atoms with Gasteiger partial charge in [0.1, 0.15) is 17.4 Å². The number of piperidine rings is 1. The number of benzene rings is 1.